The van der Waals surface area contributed by atoms with E-state index in [4.69, 9.17) is 10.5 Å². The molecule has 0 atom stereocenters. The van der Waals surface area contributed by atoms with Crippen LogP contribution in [-0.2, 0) is 9.53 Å². The Hall–Kier alpha value is -1.47. The normalized spacial score (nSPS) is 19.6. The number of primary amides is 1. The van der Waals surface area contributed by atoms with Gasteiger partial charge >= 0.3 is 12.3 Å². The van der Waals surface area contributed by atoms with Crippen molar-refractivity contribution in [2.24, 2.45) is 11.1 Å². The second-order valence-electron chi connectivity index (χ2n) is 5.91. The number of halogens is 3. The van der Waals surface area contributed by atoms with Crippen LogP contribution in [0.4, 0.5) is 18.0 Å². The molecule has 0 saturated carbocycles. The molecule has 2 amide bonds. The monoisotopic (exact) mass is 296 g/mol. The number of carbonyl (C=O) groups is 2. The van der Waals surface area contributed by atoms with E-state index in [1.165, 1.54) is 0 Å². The highest BCUT2D eigenvalue weighted by Gasteiger charge is 2.60. The Bertz CT molecular complexity index is 394. The minimum absolute atomic E-state index is 0.211. The first-order chi connectivity index (χ1) is 8.89. The molecule has 20 heavy (non-hydrogen) atoms. The van der Waals surface area contributed by atoms with Gasteiger partial charge < -0.3 is 15.4 Å². The number of nitrogens with two attached hydrogens (primary N) is 1. The van der Waals surface area contributed by atoms with Crippen LogP contribution < -0.4 is 5.73 Å². The molecule has 0 unspecified atom stereocenters. The molecule has 1 aliphatic heterocycles. The molecule has 5 nitrogen and oxygen atoms in total. The van der Waals surface area contributed by atoms with Gasteiger partial charge in [0.1, 0.15) is 11.0 Å². The van der Waals surface area contributed by atoms with Gasteiger partial charge in [0.15, 0.2) is 0 Å². The summed E-state index contributed by atoms with van der Waals surface area (Å²) >= 11 is 0. The zero-order valence-electron chi connectivity index (χ0n) is 11.7. The number of likely N-dealkylation sites (tertiary alicyclic amines) is 1. The molecule has 2 N–H and O–H groups in total. The van der Waals surface area contributed by atoms with E-state index in [1.54, 1.807) is 20.8 Å². The molecule has 1 rings (SSSR count). The molecule has 1 aliphatic rings. The molecule has 0 radical (unpaired) electrons. The number of alkyl halides is 3. The Balaban J connectivity index is 2.76. The fourth-order valence-corrected chi connectivity index (χ4v) is 2.07. The van der Waals surface area contributed by atoms with E-state index in [0.29, 0.717) is 0 Å². The van der Waals surface area contributed by atoms with E-state index >= 15 is 0 Å². The smallest absolute Gasteiger partial charge is 0.410 e. The highest BCUT2D eigenvalue weighted by molar-refractivity contribution is 5.82. The molecular formula is C12H19F3N2O3. The third-order valence-corrected chi connectivity index (χ3v) is 3.28. The molecule has 1 fully saturated rings. The SMILES string of the molecule is CC(C)(C)OC(=O)N1CCC(C(N)=O)(C(F)(F)F)CC1. The van der Waals surface area contributed by atoms with Gasteiger partial charge in [-0.1, -0.05) is 0 Å². The van der Waals surface area contributed by atoms with Crippen molar-refractivity contribution in [1.82, 2.24) is 4.90 Å². The average Bonchev–Trinajstić information content (AvgIpc) is 2.25. The van der Waals surface area contributed by atoms with Gasteiger partial charge in [-0.25, -0.2) is 4.79 Å². The zero-order chi connectivity index (χ0) is 15.8. The first kappa shape index (κ1) is 16.6. The van der Waals surface area contributed by atoms with Crippen LogP contribution >= 0.6 is 0 Å². The summed E-state index contributed by atoms with van der Waals surface area (Å²) in [5.74, 6) is -1.39. The van der Waals surface area contributed by atoms with Crippen molar-refractivity contribution in [3.05, 3.63) is 0 Å². The van der Waals surface area contributed by atoms with Crippen molar-refractivity contribution in [3.8, 4) is 0 Å². The predicted molar refractivity (Wildman–Crippen MR) is 64.7 cm³/mol. The van der Waals surface area contributed by atoms with Gasteiger partial charge in [-0.3, -0.25) is 4.79 Å². The number of amides is 2. The van der Waals surface area contributed by atoms with Gasteiger partial charge in [-0.05, 0) is 33.6 Å². The summed E-state index contributed by atoms with van der Waals surface area (Å²) in [6.45, 7) is 4.57. The van der Waals surface area contributed by atoms with Gasteiger partial charge in [0.05, 0.1) is 0 Å². The van der Waals surface area contributed by atoms with E-state index in [0.717, 1.165) is 4.90 Å². The maximum Gasteiger partial charge on any atom is 0.410 e. The van der Waals surface area contributed by atoms with Crippen molar-refractivity contribution >= 4 is 12.0 Å². The maximum absolute atomic E-state index is 13.0. The lowest BCUT2D eigenvalue weighted by Gasteiger charge is -2.40. The van der Waals surface area contributed by atoms with Crippen LogP contribution in [-0.4, -0.2) is 41.8 Å². The number of hydrogen-bond donors (Lipinski definition) is 1. The van der Waals surface area contributed by atoms with Crippen LogP contribution in [0, 0.1) is 5.41 Å². The molecule has 0 spiro atoms. The van der Waals surface area contributed by atoms with Gasteiger partial charge in [-0.2, -0.15) is 13.2 Å². The van der Waals surface area contributed by atoms with Crippen LogP contribution in [0.3, 0.4) is 0 Å². The van der Waals surface area contributed by atoms with E-state index < -0.39 is 42.0 Å². The third-order valence-electron chi connectivity index (χ3n) is 3.28. The quantitative estimate of drug-likeness (QED) is 0.805. The Labute approximate surface area is 115 Å². The molecule has 116 valence electrons. The number of ether oxygens (including phenoxy) is 1. The second kappa shape index (κ2) is 5.14. The Morgan fingerprint density at radius 1 is 1.15 bits per heavy atom. The lowest BCUT2D eigenvalue weighted by molar-refractivity contribution is -0.230. The van der Waals surface area contributed by atoms with Crippen molar-refractivity contribution < 1.29 is 27.5 Å². The number of rotatable bonds is 1. The summed E-state index contributed by atoms with van der Waals surface area (Å²) in [6.07, 6.45) is -6.47. The molecular weight excluding hydrogens is 277 g/mol. The van der Waals surface area contributed by atoms with Crippen LogP contribution in [0.15, 0.2) is 0 Å². The topological polar surface area (TPSA) is 72.6 Å². The van der Waals surface area contributed by atoms with Crippen LogP contribution in [0.5, 0.6) is 0 Å². The van der Waals surface area contributed by atoms with Crippen LogP contribution in [0.25, 0.3) is 0 Å². The Morgan fingerprint density at radius 3 is 1.90 bits per heavy atom. The minimum Gasteiger partial charge on any atom is -0.444 e. The van der Waals surface area contributed by atoms with E-state index in [9.17, 15) is 22.8 Å². The Morgan fingerprint density at radius 2 is 1.60 bits per heavy atom. The third kappa shape index (κ3) is 3.34. The molecule has 0 aromatic heterocycles. The highest BCUT2D eigenvalue weighted by atomic mass is 19.4. The lowest BCUT2D eigenvalue weighted by atomic mass is 9.77. The standard InChI is InChI=1S/C12H19F3N2O3/c1-10(2,3)20-9(19)17-6-4-11(5-7-17,8(16)18)12(13,14)15/h4-7H2,1-3H3,(H2,16,18). The summed E-state index contributed by atoms with van der Waals surface area (Å²) in [5, 5.41) is 0. The number of carbonyl (C=O) groups excluding carboxylic acids is 2. The van der Waals surface area contributed by atoms with Gasteiger partial charge in [0.25, 0.3) is 0 Å². The first-order valence-corrected chi connectivity index (χ1v) is 6.24. The zero-order valence-corrected chi connectivity index (χ0v) is 11.7. The summed E-state index contributed by atoms with van der Waals surface area (Å²) in [5.41, 5.74) is 1.65. The highest BCUT2D eigenvalue weighted by Crippen LogP contribution is 2.46. The minimum atomic E-state index is -4.71. The van der Waals surface area contributed by atoms with Crippen molar-refractivity contribution in [2.75, 3.05) is 13.1 Å². The fraction of sp³-hybridized carbons (Fsp3) is 0.833. The largest absolute Gasteiger partial charge is 0.444 e. The molecule has 0 aliphatic carbocycles. The summed E-state index contributed by atoms with van der Waals surface area (Å²) < 4.78 is 44.1. The summed E-state index contributed by atoms with van der Waals surface area (Å²) in [4.78, 5) is 24.1. The second-order valence-corrected chi connectivity index (χ2v) is 5.91. The van der Waals surface area contributed by atoms with E-state index in [1.807, 2.05) is 0 Å². The van der Waals surface area contributed by atoms with E-state index in [2.05, 4.69) is 0 Å². The summed E-state index contributed by atoms with van der Waals surface area (Å²) in [6, 6.07) is 0. The fourth-order valence-electron chi connectivity index (χ4n) is 2.07. The van der Waals surface area contributed by atoms with Gasteiger partial charge in [-0.15, -0.1) is 0 Å². The van der Waals surface area contributed by atoms with Crippen LogP contribution in [0.2, 0.25) is 0 Å². The average molecular weight is 296 g/mol. The number of hydrogen-bond acceptors (Lipinski definition) is 3. The molecule has 8 heteroatoms. The Kier molecular flexibility index (Phi) is 4.26. The molecule has 0 bridgehead atoms. The predicted octanol–water partition coefficient (Wildman–Crippen LogP) is 2.05. The lowest BCUT2D eigenvalue weighted by Crippen LogP contribution is -2.56. The van der Waals surface area contributed by atoms with Crippen molar-refractivity contribution in [1.29, 1.82) is 0 Å². The number of piperidine rings is 1. The van der Waals surface area contributed by atoms with Gasteiger partial charge in [0.2, 0.25) is 5.91 Å². The molecule has 0 aromatic carbocycles. The maximum atomic E-state index is 13.0. The van der Waals surface area contributed by atoms with Crippen molar-refractivity contribution in [3.63, 3.8) is 0 Å². The molecule has 1 saturated heterocycles. The first-order valence-electron chi connectivity index (χ1n) is 6.24. The molecule has 0 aromatic rings. The number of nitrogens with zero attached hydrogens (tertiary/aromatic N) is 1. The van der Waals surface area contributed by atoms with E-state index in [-0.39, 0.29) is 13.1 Å². The summed E-state index contributed by atoms with van der Waals surface area (Å²) in [7, 11) is 0. The van der Waals surface area contributed by atoms with Crippen molar-refractivity contribution in [2.45, 2.75) is 45.4 Å². The molecule has 1 heterocycles. The van der Waals surface area contributed by atoms with Crippen LogP contribution in [0.1, 0.15) is 33.6 Å². The van der Waals surface area contributed by atoms with Gasteiger partial charge in [0, 0.05) is 13.1 Å².